The van der Waals surface area contributed by atoms with Crippen LogP contribution in [0.1, 0.15) is 12.5 Å². The second kappa shape index (κ2) is 7.94. The zero-order valence-electron chi connectivity index (χ0n) is 14.9. The summed E-state index contributed by atoms with van der Waals surface area (Å²) in [5.74, 6) is 1.80. The summed E-state index contributed by atoms with van der Waals surface area (Å²) in [4.78, 5) is 6.62. The van der Waals surface area contributed by atoms with E-state index in [9.17, 15) is 0 Å². The Morgan fingerprint density at radius 2 is 1.80 bits per heavy atom. The molecular weight excluding hydrogens is 314 g/mol. The van der Waals surface area contributed by atoms with Crippen molar-refractivity contribution in [2.75, 3.05) is 27.2 Å². The number of benzene rings is 2. The van der Waals surface area contributed by atoms with Gasteiger partial charge in [0.05, 0.1) is 5.56 Å². The van der Waals surface area contributed by atoms with Gasteiger partial charge in [0.15, 0.2) is 0 Å². The maximum absolute atomic E-state index is 5.88. The molecule has 0 aliphatic carbocycles. The van der Waals surface area contributed by atoms with E-state index in [1.807, 2.05) is 50.5 Å². The van der Waals surface area contributed by atoms with Crippen LogP contribution in [0, 0.1) is 0 Å². The lowest BCUT2D eigenvalue weighted by molar-refractivity contribution is 0.261. The van der Waals surface area contributed by atoms with E-state index in [0.29, 0.717) is 18.3 Å². The molecule has 0 aliphatic rings. The maximum atomic E-state index is 5.88. The lowest BCUT2D eigenvalue weighted by atomic mass is 10.1. The second-order valence-corrected chi connectivity index (χ2v) is 6.12. The smallest absolute Gasteiger partial charge is 0.262 e. The fraction of sp³-hybridized carbons (Fsp3) is 0.300. The van der Waals surface area contributed by atoms with Crippen molar-refractivity contribution in [1.29, 1.82) is 0 Å². The van der Waals surface area contributed by atoms with Crippen molar-refractivity contribution in [2.45, 2.75) is 13.3 Å². The lowest BCUT2D eigenvalue weighted by Gasteiger charge is -2.12. The van der Waals surface area contributed by atoms with Gasteiger partial charge >= 0.3 is 0 Å². The number of rotatable bonds is 7. The van der Waals surface area contributed by atoms with Gasteiger partial charge in [0.2, 0.25) is 5.82 Å². The minimum atomic E-state index is 0.468. The standard InChI is InChI=1S/C20H23N3O2/c1-4-15-9-11-16(12-10-15)19-21-20(25-22-19)17-7-5-6-8-18(17)24-14-13-23(2)3/h5-12H,4,13-14H2,1-3H3. The summed E-state index contributed by atoms with van der Waals surface area (Å²) in [6.07, 6.45) is 1.01. The van der Waals surface area contributed by atoms with E-state index < -0.39 is 0 Å². The van der Waals surface area contributed by atoms with E-state index in [0.717, 1.165) is 29.8 Å². The maximum Gasteiger partial charge on any atom is 0.262 e. The Kier molecular flexibility index (Phi) is 5.46. The summed E-state index contributed by atoms with van der Waals surface area (Å²) in [7, 11) is 4.03. The van der Waals surface area contributed by atoms with Gasteiger partial charge in [0.1, 0.15) is 12.4 Å². The number of likely N-dealkylation sites (N-methyl/N-ethyl adjacent to an activating group) is 1. The molecule has 0 saturated carbocycles. The molecule has 5 heteroatoms. The van der Waals surface area contributed by atoms with Gasteiger partial charge in [0, 0.05) is 12.1 Å². The summed E-state index contributed by atoms with van der Waals surface area (Å²) in [6, 6.07) is 15.9. The van der Waals surface area contributed by atoms with Crippen LogP contribution in [0.15, 0.2) is 53.1 Å². The molecule has 25 heavy (non-hydrogen) atoms. The van der Waals surface area contributed by atoms with E-state index in [1.54, 1.807) is 0 Å². The SMILES string of the molecule is CCc1ccc(-c2noc(-c3ccccc3OCCN(C)C)n2)cc1. The molecule has 0 spiro atoms. The van der Waals surface area contributed by atoms with E-state index >= 15 is 0 Å². The monoisotopic (exact) mass is 337 g/mol. The minimum Gasteiger partial charge on any atom is -0.491 e. The molecule has 0 amide bonds. The lowest BCUT2D eigenvalue weighted by Crippen LogP contribution is -2.19. The van der Waals surface area contributed by atoms with E-state index in [4.69, 9.17) is 9.26 Å². The third-order valence-corrected chi connectivity index (χ3v) is 3.96. The molecule has 5 nitrogen and oxygen atoms in total. The molecule has 0 atom stereocenters. The fourth-order valence-corrected chi connectivity index (χ4v) is 2.45. The van der Waals surface area contributed by atoms with Crippen LogP contribution in [-0.2, 0) is 6.42 Å². The third-order valence-electron chi connectivity index (χ3n) is 3.96. The van der Waals surface area contributed by atoms with Crippen molar-refractivity contribution in [2.24, 2.45) is 0 Å². The largest absolute Gasteiger partial charge is 0.491 e. The Labute approximate surface area is 148 Å². The van der Waals surface area contributed by atoms with Crippen molar-refractivity contribution in [3.05, 3.63) is 54.1 Å². The van der Waals surface area contributed by atoms with Crippen molar-refractivity contribution in [3.63, 3.8) is 0 Å². The average Bonchev–Trinajstić information content (AvgIpc) is 3.12. The fourth-order valence-electron chi connectivity index (χ4n) is 2.45. The van der Waals surface area contributed by atoms with E-state index in [2.05, 4.69) is 34.1 Å². The Bertz CT molecular complexity index is 810. The summed E-state index contributed by atoms with van der Waals surface area (Å²) in [6.45, 7) is 3.57. The number of aromatic nitrogens is 2. The Morgan fingerprint density at radius 3 is 2.52 bits per heavy atom. The Morgan fingerprint density at radius 1 is 1.04 bits per heavy atom. The van der Waals surface area contributed by atoms with Gasteiger partial charge in [-0.2, -0.15) is 4.98 Å². The van der Waals surface area contributed by atoms with Gasteiger partial charge in [-0.05, 0) is 38.2 Å². The highest BCUT2D eigenvalue weighted by Crippen LogP contribution is 2.30. The zero-order chi connectivity index (χ0) is 17.6. The number of nitrogens with zero attached hydrogens (tertiary/aromatic N) is 3. The molecule has 0 bridgehead atoms. The summed E-state index contributed by atoms with van der Waals surface area (Å²) in [5.41, 5.74) is 3.04. The van der Waals surface area contributed by atoms with Crippen LogP contribution >= 0.6 is 0 Å². The molecule has 0 saturated heterocycles. The molecule has 3 aromatic rings. The zero-order valence-corrected chi connectivity index (χ0v) is 14.9. The third kappa shape index (κ3) is 4.25. The van der Waals surface area contributed by atoms with Crippen LogP contribution in [0.2, 0.25) is 0 Å². The van der Waals surface area contributed by atoms with Gasteiger partial charge in [-0.1, -0.05) is 48.5 Å². The number of hydrogen-bond acceptors (Lipinski definition) is 5. The van der Waals surface area contributed by atoms with E-state index in [1.165, 1.54) is 5.56 Å². The molecule has 0 N–H and O–H groups in total. The van der Waals surface area contributed by atoms with E-state index in [-0.39, 0.29) is 0 Å². The normalized spacial score (nSPS) is 11.0. The first kappa shape index (κ1) is 17.2. The van der Waals surface area contributed by atoms with Crippen LogP contribution in [-0.4, -0.2) is 42.3 Å². The molecule has 0 unspecified atom stereocenters. The van der Waals surface area contributed by atoms with Crippen molar-refractivity contribution >= 4 is 0 Å². The summed E-state index contributed by atoms with van der Waals surface area (Å²) < 4.78 is 11.4. The van der Waals surface area contributed by atoms with Gasteiger partial charge in [-0.25, -0.2) is 0 Å². The minimum absolute atomic E-state index is 0.468. The molecule has 1 heterocycles. The van der Waals surface area contributed by atoms with Gasteiger partial charge in [0.25, 0.3) is 5.89 Å². The van der Waals surface area contributed by atoms with Gasteiger partial charge < -0.3 is 14.2 Å². The molecule has 1 aromatic heterocycles. The first-order valence-corrected chi connectivity index (χ1v) is 8.47. The van der Waals surface area contributed by atoms with Crippen molar-refractivity contribution < 1.29 is 9.26 Å². The molecule has 3 rings (SSSR count). The first-order chi connectivity index (χ1) is 12.2. The van der Waals surface area contributed by atoms with Gasteiger partial charge in [-0.15, -0.1) is 0 Å². The number of ether oxygens (including phenoxy) is 1. The Hall–Kier alpha value is -2.66. The second-order valence-electron chi connectivity index (χ2n) is 6.12. The van der Waals surface area contributed by atoms with Crippen molar-refractivity contribution in [3.8, 4) is 28.6 Å². The molecule has 130 valence electrons. The highest BCUT2D eigenvalue weighted by Gasteiger charge is 2.14. The molecule has 2 aromatic carbocycles. The van der Waals surface area contributed by atoms with Crippen LogP contribution in [0.25, 0.3) is 22.8 Å². The van der Waals surface area contributed by atoms with Crippen LogP contribution in [0.5, 0.6) is 5.75 Å². The average molecular weight is 337 g/mol. The number of para-hydroxylation sites is 1. The van der Waals surface area contributed by atoms with Gasteiger partial charge in [-0.3, -0.25) is 0 Å². The van der Waals surface area contributed by atoms with Crippen LogP contribution in [0.4, 0.5) is 0 Å². The highest BCUT2D eigenvalue weighted by molar-refractivity contribution is 5.65. The highest BCUT2D eigenvalue weighted by atomic mass is 16.5. The summed E-state index contributed by atoms with van der Waals surface area (Å²) in [5, 5.41) is 4.12. The predicted molar refractivity (Wildman–Crippen MR) is 98.6 cm³/mol. The van der Waals surface area contributed by atoms with Crippen LogP contribution < -0.4 is 4.74 Å². The van der Waals surface area contributed by atoms with Crippen molar-refractivity contribution in [1.82, 2.24) is 15.0 Å². The quantitative estimate of drug-likeness (QED) is 0.654. The topological polar surface area (TPSA) is 51.4 Å². The van der Waals surface area contributed by atoms with Crippen LogP contribution in [0.3, 0.4) is 0 Å². The predicted octanol–water partition coefficient (Wildman–Crippen LogP) is 3.91. The molecule has 0 aliphatic heterocycles. The first-order valence-electron chi connectivity index (χ1n) is 8.47. The summed E-state index contributed by atoms with van der Waals surface area (Å²) >= 11 is 0. The molecular formula is C20H23N3O2. The molecule has 0 radical (unpaired) electrons. The Balaban J connectivity index is 1.82. The number of aryl methyl sites for hydroxylation is 1. The number of hydrogen-bond donors (Lipinski definition) is 0. The molecule has 0 fully saturated rings.